The number of hydrogen-bond donors (Lipinski definition) is 1. The molecule has 0 saturated carbocycles. The highest BCUT2D eigenvalue weighted by Crippen LogP contribution is 2.25. The van der Waals surface area contributed by atoms with Crippen LogP contribution >= 0.6 is 15.9 Å². The molecule has 0 heterocycles. The fraction of sp³-hybridized carbons (Fsp3) is 0.417. The molecular formula is C12H14BrFN2. The van der Waals surface area contributed by atoms with Crippen molar-refractivity contribution in [1.82, 2.24) is 0 Å². The van der Waals surface area contributed by atoms with Gasteiger partial charge in [0.25, 0.3) is 0 Å². The van der Waals surface area contributed by atoms with E-state index in [-0.39, 0.29) is 6.04 Å². The number of nitrogens with zero attached hydrogens (tertiary/aromatic N) is 1. The minimum atomic E-state index is -0.412. The van der Waals surface area contributed by atoms with Crippen LogP contribution in [0.25, 0.3) is 0 Å². The molecule has 1 aromatic rings. The monoisotopic (exact) mass is 284 g/mol. The SMILES string of the molecule is CCCC(C)Nc1cc(Br)c(F)cc1C#N. The zero-order valence-corrected chi connectivity index (χ0v) is 10.9. The quantitative estimate of drug-likeness (QED) is 0.905. The number of hydrogen-bond acceptors (Lipinski definition) is 2. The van der Waals surface area contributed by atoms with Crippen LogP contribution in [-0.4, -0.2) is 6.04 Å². The van der Waals surface area contributed by atoms with E-state index < -0.39 is 5.82 Å². The molecule has 1 atom stereocenters. The molecule has 1 unspecified atom stereocenters. The highest BCUT2D eigenvalue weighted by atomic mass is 79.9. The molecule has 86 valence electrons. The molecule has 0 aliphatic rings. The van der Waals surface area contributed by atoms with Crippen molar-refractivity contribution >= 4 is 21.6 Å². The van der Waals surface area contributed by atoms with Gasteiger partial charge in [-0.15, -0.1) is 0 Å². The zero-order valence-electron chi connectivity index (χ0n) is 9.35. The molecule has 0 saturated heterocycles. The molecule has 4 heteroatoms. The maximum atomic E-state index is 13.2. The molecule has 1 aromatic carbocycles. The number of rotatable bonds is 4. The van der Waals surface area contributed by atoms with Gasteiger partial charge >= 0.3 is 0 Å². The van der Waals surface area contributed by atoms with Gasteiger partial charge in [0.15, 0.2) is 0 Å². The van der Waals surface area contributed by atoms with E-state index in [1.54, 1.807) is 6.07 Å². The Morgan fingerprint density at radius 2 is 2.25 bits per heavy atom. The lowest BCUT2D eigenvalue weighted by atomic mass is 10.1. The Bertz CT molecular complexity index is 412. The van der Waals surface area contributed by atoms with Gasteiger partial charge in [-0.25, -0.2) is 4.39 Å². The predicted octanol–water partition coefficient (Wildman–Crippen LogP) is 4.06. The molecular weight excluding hydrogens is 271 g/mol. The Hall–Kier alpha value is -1.08. The smallest absolute Gasteiger partial charge is 0.138 e. The van der Waals surface area contributed by atoms with E-state index in [4.69, 9.17) is 5.26 Å². The van der Waals surface area contributed by atoms with Gasteiger partial charge in [0.05, 0.1) is 15.7 Å². The second-order valence-corrected chi connectivity index (χ2v) is 4.61. The van der Waals surface area contributed by atoms with Crippen molar-refractivity contribution in [3.8, 4) is 6.07 Å². The van der Waals surface area contributed by atoms with Crippen LogP contribution in [0.3, 0.4) is 0 Å². The molecule has 0 fully saturated rings. The van der Waals surface area contributed by atoms with Gasteiger partial charge in [0.1, 0.15) is 11.9 Å². The van der Waals surface area contributed by atoms with Gasteiger partial charge in [-0.05, 0) is 41.4 Å². The third-order valence-corrected chi connectivity index (χ3v) is 2.91. The van der Waals surface area contributed by atoms with Crippen LogP contribution in [0.1, 0.15) is 32.3 Å². The summed E-state index contributed by atoms with van der Waals surface area (Å²) in [6.07, 6.45) is 2.08. The maximum Gasteiger partial charge on any atom is 0.138 e. The van der Waals surface area contributed by atoms with Crippen LogP contribution in [0.15, 0.2) is 16.6 Å². The second kappa shape index (κ2) is 5.86. The number of nitrogens with one attached hydrogen (secondary N) is 1. The van der Waals surface area contributed by atoms with Crippen molar-refractivity contribution < 1.29 is 4.39 Å². The third-order valence-electron chi connectivity index (χ3n) is 2.30. The van der Waals surface area contributed by atoms with Gasteiger partial charge in [0, 0.05) is 6.04 Å². The van der Waals surface area contributed by atoms with Crippen LogP contribution in [0.2, 0.25) is 0 Å². The summed E-state index contributed by atoms with van der Waals surface area (Å²) < 4.78 is 13.6. The number of anilines is 1. The van der Waals surface area contributed by atoms with Crippen molar-refractivity contribution in [2.45, 2.75) is 32.7 Å². The van der Waals surface area contributed by atoms with Crippen molar-refractivity contribution in [1.29, 1.82) is 5.26 Å². The summed E-state index contributed by atoms with van der Waals surface area (Å²) in [5, 5.41) is 12.1. The summed E-state index contributed by atoms with van der Waals surface area (Å²) in [5.74, 6) is -0.412. The largest absolute Gasteiger partial charge is 0.381 e. The predicted molar refractivity (Wildman–Crippen MR) is 66.8 cm³/mol. The summed E-state index contributed by atoms with van der Waals surface area (Å²) in [6, 6.07) is 5.11. The van der Waals surface area contributed by atoms with Crippen molar-refractivity contribution in [2.75, 3.05) is 5.32 Å². The first-order chi connectivity index (χ1) is 7.58. The van der Waals surface area contributed by atoms with Gasteiger partial charge in [-0.3, -0.25) is 0 Å². The number of benzene rings is 1. The molecule has 1 rings (SSSR count). The van der Waals surface area contributed by atoms with E-state index in [2.05, 4.69) is 28.2 Å². The Kier molecular flexibility index (Phi) is 4.75. The molecule has 2 nitrogen and oxygen atoms in total. The summed E-state index contributed by atoms with van der Waals surface area (Å²) in [4.78, 5) is 0. The Balaban J connectivity index is 2.95. The molecule has 0 spiro atoms. The van der Waals surface area contributed by atoms with Crippen LogP contribution in [0.4, 0.5) is 10.1 Å². The highest BCUT2D eigenvalue weighted by Gasteiger charge is 2.09. The van der Waals surface area contributed by atoms with E-state index in [0.717, 1.165) is 12.8 Å². The Morgan fingerprint density at radius 3 is 2.81 bits per heavy atom. The lowest BCUT2D eigenvalue weighted by Crippen LogP contribution is -2.15. The zero-order chi connectivity index (χ0) is 12.1. The van der Waals surface area contributed by atoms with E-state index in [0.29, 0.717) is 15.7 Å². The van der Waals surface area contributed by atoms with E-state index in [9.17, 15) is 4.39 Å². The lowest BCUT2D eigenvalue weighted by molar-refractivity contribution is 0.620. The molecule has 0 aromatic heterocycles. The molecule has 16 heavy (non-hydrogen) atoms. The Morgan fingerprint density at radius 1 is 1.56 bits per heavy atom. The number of nitriles is 1. The third kappa shape index (κ3) is 3.21. The first-order valence-electron chi connectivity index (χ1n) is 5.24. The van der Waals surface area contributed by atoms with E-state index >= 15 is 0 Å². The number of halogens is 2. The fourth-order valence-electron chi connectivity index (χ4n) is 1.53. The summed E-state index contributed by atoms with van der Waals surface area (Å²) in [6.45, 7) is 4.14. The van der Waals surface area contributed by atoms with Crippen molar-refractivity contribution in [3.63, 3.8) is 0 Å². The van der Waals surface area contributed by atoms with Crippen molar-refractivity contribution in [3.05, 3.63) is 28.0 Å². The van der Waals surface area contributed by atoms with Crippen LogP contribution in [0.5, 0.6) is 0 Å². The first-order valence-corrected chi connectivity index (χ1v) is 6.03. The van der Waals surface area contributed by atoms with Crippen LogP contribution in [0, 0.1) is 17.1 Å². The maximum absolute atomic E-state index is 13.2. The molecule has 0 radical (unpaired) electrons. The van der Waals surface area contributed by atoms with Gasteiger partial charge in [0.2, 0.25) is 0 Å². The van der Waals surface area contributed by atoms with E-state index in [1.807, 2.05) is 13.0 Å². The minimum absolute atomic E-state index is 0.273. The average molecular weight is 285 g/mol. The van der Waals surface area contributed by atoms with Crippen LogP contribution in [-0.2, 0) is 0 Å². The normalized spacial score (nSPS) is 11.9. The van der Waals surface area contributed by atoms with Crippen LogP contribution < -0.4 is 5.32 Å². The topological polar surface area (TPSA) is 35.8 Å². The minimum Gasteiger partial charge on any atom is -0.381 e. The summed E-state index contributed by atoms with van der Waals surface area (Å²) in [7, 11) is 0. The second-order valence-electron chi connectivity index (χ2n) is 3.76. The van der Waals surface area contributed by atoms with Gasteiger partial charge in [-0.2, -0.15) is 5.26 Å². The lowest BCUT2D eigenvalue weighted by Gasteiger charge is -2.15. The molecule has 0 aliphatic heterocycles. The average Bonchev–Trinajstić information content (AvgIpc) is 2.23. The highest BCUT2D eigenvalue weighted by molar-refractivity contribution is 9.10. The molecule has 0 aliphatic carbocycles. The van der Waals surface area contributed by atoms with Gasteiger partial charge in [-0.1, -0.05) is 13.3 Å². The summed E-state index contributed by atoms with van der Waals surface area (Å²) >= 11 is 3.11. The molecule has 0 amide bonds. The van der Waals surface area contributed by atoms with Crippen molar-refractivity contribution in [2.24, 2.45) is 0 Å². The standard InChI is InChI=1S/C12H14BrFN2/c1-3-4-8(2)16-12-6-10(13)11(14)5-9(12)7-15/h5-6,8,16H,3-4H2,1-2H3. The summed E-state index contributed by atoms with van der Waals surface area (Å²) in [5.41, 5.74) is 1.01. The molecule has 0 bridgehead atoms. The molecule has 1 N–H and O–H groups in total. The first kappa shape index (κ1) is 13.0. The fourth-order valence-corrected chi connectivity index (χ4v) is 1.87. The Labute approximate surface area is 104 Å². The van der Waals surface area contributed by atoms with E-state index in [1.165, 1.54) is 6.07 Å². The van der Waals surface area contributed by atoms with Gasteiger partial charge < -0.3 is 5.32 Å².